The second kappa shape index (κ2) is 11.6. The lowest BCUT2D eigenvalue weighted by atomic mass is 9.76. The molecule has 3 aliphatic rings. The number of benzene rings is 2. The molecule has 2 aromatic carbocycles. The zero-order chi connectivity index (χ0) is 26.6. The van der Waals surface area contributed by atoms with Gasteiger partial charge in [-0.15, -0.1) is 0 Å². The molecule has 1 aliphatic carbocycles. The Morgan fingerprint density at radius 2 is 1.71 bits per heavy atom. The first-order valence-electron chi connectivity index (χ1n) is 13.8. The van der Waals surface area contributed by atoms with Crippen LogP contribution in [-0.4, -0.2) is 66.6 Å². The van der Waals surface area contributed by atoms with Gasteiger partial charge in [0, 0.05) is 30.2 Å². The first-order chi connectivity index (χ1) is 18.4. The van der Waals surface area contributed by atoms with E-state index in [9.17, 15) is 9.59 Å². The van der Waals surface area contributed by atoms with Gasteiger partial charge < -0.3 is 19.3 Å². The van der Waals surface area contributed by atoms with Gasteiger partial charge in [-0.05, 0) is 56.4 Å². The van der Waals surface area contributed by atoms with Crippen LogP contribution in [-0.2, 0) is 19.7 Å². The molecular formula is C30H36ClFN2O4. The third kappa shape index (κ3) is 5.69. The minimum absolute atomic E-state index is 0.0124. The molecule has 2 heterocycles. The van der Waals surface area contributed by atoms with E-state index >= 15 is 4.39 Å². The molecule has 0 radical (unpaired) electrons. The summed E-state index contributed by atoms with van der Waals surface area (Å²) in [6, 6.07) is 13.7. The van der Waals surface area contributed by atoms with Crippen LogP contribution in [0.2, 0.25) is 5.02 Å². The van der Waals surface area contributed by atoms with Crippen LogP contribution >= 0.6 is 11.6 Å². The van der Waals surface area contributed by atoms with E-state index < -0.39 is 11.0 Å². The highest BCUT2D eigenvalue weighted by molar-refractivity contribution is 6.30. The van der Waals surface area contributed by atoms with E-state index in [1.165, 1.54) is 6.07 Å². The normalized spacial score (nSPS) is 23.3. The number of ether oxygens (including phenoxy) is 2. The lowest BCUT2D eigenvalue weighted by Gasteiger charge is -2.45. The molecule has 2 aromatic rings. The number of likely N-dealkylation sites (tertiary alicyclic amines) is 1. The van der Waals surface area contributed by atoms with Gasteiger partial charge in [-0.3, -0.25) is 9.59 Å². The average Bonchev–Trinajstić information content (AvgIpc) is 3.43. The van der Waals surface area contributed by atoms with E-state index in [0.717, 1.165) is 45.2 Å². The van der Waals surface area contributed by atoms with Crippen LogP contribution in [0, 0.1) is 5.82 Å². The smallest absolute Gasteiger partial charge is 0.233 e. The molecular weight excluding hydrogens is 507 g/mol. The summed E-state index contributed by atoms with van der Waals surface area (Å²) in [5.41, 5.74) is -1.43. The number of hydrogen-bond donors (Lipinski definition) is 0. The van der Waals surface area contributed by atoms with Crippen molar-refractivity contribution in [1.82, 2.24) is 9.80 Å². The molecule has 2 aliphatic heterocycles. The van der Waals surface area contributed by atoms with Crippen LogP contribution in [0.5, 0.6) is 5.75 Å². The molecule has 204 valence electrons. The fourth-order valence-corrected chi connectivity index (χ4v) is 6.48. The zero-order valence-electron chi connectivity index (χ0n) is 21.8. The number of carbonyl (C=O) groups excluding carboxylic acids is 2. The molecule has 1 atom stereocenters. The highest BCUT2D eigenvalue weighted by atomic mass is 35.5. The summed E-state index contributed by atoms with van der Waals surface area (Å²) < 4.78 is 27.4. The van der Waals surface area contributed by atoms with E-state index in [0.29, 0.717) is 35.7 Å². The Morgan fingerprint density at radius 3 is 2.45 bits per heavy atom. The molecule has 0 spiro atoms. The van der Waals surface area contributed by atoms with Crippen LogP contribution < -0.4 is 4.74 Å². The third-order valence-corrected chi connectivity index (χ3v) is 8.51. The van der Waals surface area contributed by atoms with Gasteiger partial charge in [0.1, 0.15) is 23.8 Å². The van der Waals surface area contributed by atoms with Crippen molar-refractivity contribution in [3.8, 4) is 5.75 Å². The lowest BCUT2D eigenvalue weighted by Crippen LogP contribution is -2.61. The van der Waals surface area contributed by atoms with Crippen molar-refractivity contribution in [2.45, 2.75) is 62.4 Å². The molecule has 38 heavy (non-hydrogen) atoms. The van der Waals surface area contributed by atoms with Crippen LogP contribution in [0.15, 0.2) is 48.5 Å². The Kier molecular flexibility index (Phi) is 8.24. The standard InChI is InChI=1S/C30H36ClFN2O4/c31-23-9-8-10-24(19-23)37-22-29(20-27(35)33-15-6-1-7-16-33)21-34(17-18-38-29)28(36)30(13-4-5-14-30)25-11-2-3-12-26(25)32/h2-3,8-12,19H,1,4-7,13-18,20-22H2. The number of morpholine rings is 1. The van der Waals surface area contributed by atoms with Crippen molar-refractivity contribution >= 4 is 23.4 Å². The van der Waals surface area contributed by atoms with Crippen molar-refractivity contribution in [3.05, 3.63) is 64.9 Å². The topological polar surface area (TPSA) is 59.1 Å². The highest BCUT2D eigenvalue weighted by Crippen LogP contribution is 2.44. The number of piperidine rings is 1. The summed E-state index contributed by atoms with van der Waals surface area (Å²) in [5, 5.41) is 0.551. The lowest BCUT2D eigenvalue weighted by molar-refractivity contribution is -0.169. The number of hydrogen-bond acceptors (Lipinski definition) is 4. The van der Waals surface area contributed by atoms with Crippen LogP contribution in [0.3, 0.4) is 0 Å². The number of carbonyl (C=O) groups is 2. The Labute approximate surface area is 229 Å². The maximum Gasteiger partial charge on any atom is 0.233 e. The summed E-state index contributed by atoms with van der Waals surface area (Å²) in [5.74, 6) is 0.166. The Bertz CT molecular complexity index is 1150. The van der Waals surface area contributed by atoms with E-state index in [-0.39, 0.29) is 43.8 Å². The molecule has 3 fully saturated rings. The molecule has 5 rings (SSSR count). The third-order valence-electron chi connectivity index (χ3n) is 8.27. The van der Waals surface area contributed by atoms with Gasteiger partial charge in [0.25, 0.3) is 0 Å². The SMILES string of the molecule is O=C(CC1(COc2cccc(Cl)c2)CN(C(=O)C2(c3ccccc3F)CCCC2)CCO1)N1CCCCC1. The summed E-state index contributed by atoms with van der Waals surface area (Å²) in [7, 11) is 0. The fraction of sp³-hybridized carbons (Fsp3) is 0.533. The number of nitrogens with zero attached hydrogens (tertiary/aromatic N) is 2. The van der Waals surface area contributed by atoms with Gasteiger partial charge in [-0.2, -0.15) is 0 Å². The van der Waals surface area contributed by atoms with Gasteiger partial charge >= 0.3 is 0 Å². The maximum absolute atomic E-state index is 15.0. The van der Waals surface area contributed by atoms with Crippen LogP contribution in [0.25, 0.3) is 0 Å². The van der Waals surface area contributed by atoms with Crippen molar-refractivity contribution in [3.63, 3.8) is 0 Å². The molecule has 2 amide bonds. The van der Waals surface area contributed by atoms with Gasteiger partial charge in [0.05, 0.1) is 25.0 Å². The summed E-state index contributed by atoms with van der Waals surface area (Å²) in [6.07, 6.45) is 6.21. The second-order valence-corrected chi connectivity index (χ2v) is 11.3. The first-order valence-corrected chi connectivity index (χ1v) is 14.1. The molecule has 0 N–H and O–H groups in total. The number of rotatable bonds is 7. The van der Waals surface area contributed by atoms with Gasteiger partial charge in [0.2, 0.25) is 11.8 Å². The van der Waals surface area contributed by atoms with Crippen molar-refractivity contribution in [1.29, 1.82) is 0 Å². The second-order valence-electron chi connectivity index (χ2n) is 10.9. The van der Waals surface area contributed by atoms with Crippen molar-refractivity contribution < 1.29 is 23.5 Å². The summed E-state index contributed by atoms with van der Waals surface area (Å²) in [6.45, 7) is 2.47. The van der Waals surface area contributed by atoms with E-state index in [2.05, 4.69) is 0 Å². The molecule has 1 saturated carbocycles. The van der Waals surface area contributed by atoms with Crippen molar-refractivity contribution in [2.24, 2.45) is 0 Å². The van der Waals surface area contributed by atoms with Crippen LogP contribution in [0.1, 0.15) is 56.9 Å². The average molecular weight is 543 g/mol. The van der Waals surface area contributed by atoms with Gasteiger partial charge in [-0.25, -0.2) is 4.39 Å². The predicted octanol–water partition coefficient (Wildman–Crippen LogP) is 5.37. The Hall–Kier alpha value is -2.64. The molecule has 2 saturated heterocycles. The van der Waals surface area contributed by atoms with E-state index in [1.807, 2.05) is 11.0 Å². The summed E-state index contributed by atoms with van der Waals surface area (Å²) in [4.78, 5) is 31.3. The Morgan fingerprint density at radius 1 is 0.947 bits per heavy atom. The maximum atomic E-state index is 15.0. The zero-order valence-corrected chi connectivity index (χ0v) is 22.6. The predicted molar refractivity (Wildman–Crippen MR) is 144 cm³/mol. The molecule has 8 heteroatoms. The molecule has 6 nitrogen and oxygen atoms in total. The fourth-order valence-electron chi connectivity index (χ4n) is 6.29. The van der Waals surface area contributed by atoms with Crippen LogP contribution in [0.4, 0.5) is 4.39 Å². The summed E-state index contributed by atoms with van der Waals surface area (Å²) >= 11 is 6.16. The van der Waals surface area contributed by atoms with Gasteiger partial charge in [-0.1, -0.05) is 48.7 Å². The Balaban J connectivity index is 1.41. The minimum Gasteiger partial charge on any atom is -0.490 e. The number of amides is 2. The first kappa shape index (κ1) is 26.9. The van der Waals surface area contributed by atoms with Crippen molar-refractivity contribution in [2.75, 3.05) is 39.4 Å². The highest BCUT2D eigenvalue weighted by Gasteiger charge is 2.50. The number of halogens is 2. The monoisotopic (exact) mass is 542 g/mol. The van der Waals surface area contributed by atoms with E-state index in [4.69, 9.17) is 21.1 Å². The largest absolute Gasteiger partial charge is 0.490 e. The van der Waals surface area contributed by atoms with E-state index in [1.54, 1.807) is 41.3 Å². The quantitative estimate of drug-likeness (QED) is 0.472. The minimum atomic E-state index is -1.01. The van der Waals surface area contributed by atoms with Gasteiger partial charge in [0.15, 0.2) is 0 Å². The molecule has 0 bridgehead atoms. The molecule has 1 unspecified atom stereocenters. The molecule has 0 aromatic heterocycles.